The predicted molar refractivity (Wildman–Crippen MR) is 65.4 cm³/mol. The summed E-state index contributed by atoms with van der Waals surface area (Å²) in [5.74, 6) is 0.348. The summed E-state index contributed by atoms with van der Waals surface area (Å²) in [6, 6.07) is 1.32. The fourth-order valence-corrected chi connectivity index (χ4v) is 1.77. The van der Waals surface area contributed by atoms with Crippen molar-refractivity contribution in [3.05, 3.63) is 12.3 Å². The minimum atomic E-state index is -0.270. The Morgan fingerprint density at radius 2 is 2.28 bits per heavy atom. The third-order valence-corrected chi connectivity index (χ3v) is 2.71. The number of aromatic nitrogens is 1. The summed E-state index contributed by atoms with van der Waals surface area (Å²) in [5.41, 5.74) is 0. The number of amides is 2. The Morgan fingerprint density at radius 3 is 3.00 bits per heavy atom. The van der Waals surface area contributed by atoms with Crippen LogP contribution in [0.15, 0.2) is 16.8 Å². The van der Waals surface area contributed by atoms with E-state index in [-0.39, 0.29) is 6.03 Å². The lowest BCUT2D eigenvalue weighted by Gasteiger charge is -2.26. The van der Waals surface area contributed by atoms with Gasteiger partial charge in [0.1, 0.15) is 0 Å². The average molecular weight is 254 g/mol. The second-order valence-electron chi connectivity index (χ2n) is 4.07. The molecule has 2 rings (SSSR count). The van der Waals surface area contributed by atoms with Crippen molar-refractivity contribution >= 4 is 11.9 Å². The van der Waals surface area contributed by atoms with E-state index in [2.05, 4.69) is 20.7 Å². The Balaban J connectivity index is 1.53. The zero-order valence-corrected chi connectivity index (χ0v) is 10.2. The standard InChI is InChI=1S/C11H18N4O3/c16-11(14-10-2-4-13-18-10)12-3-1-5-15-6-8-17-9-7-15/h2,4H,1,3,5-9H2,(H2,12,14,16). The lowest BCUT2D eigenvalue weighted by atomic mass is 10.3. The van der Waals surface area contributed by atoms with Crippen LogP contribution in [0.1, 0.15) is 6.42 Å². The number of hydrogen-bond acceptors (Lipinski definition) is 5. The van der Waals surface area contributed by atoms with Crippen molar-refractivity contribution in [3.8, 4) is 0 Å². The molecule has 1 saturated heterocycles. The molecule has 2 amide bonds. The number of anilines is 1. The minimum Gasteiger partial charge on any atom is -0.379 e. The molecule has 2 heterocycles. The largest absolute Gasteiger partial charge is 0.379 e. The molecule has 1 aromatic rings. The maximum Gasteiger partial charge on any atom is 0.321 e. The number of nitrogens with zero attached hydrogens (tertiary/aromatic N) is 2. The van der Waals surface area contributed by atoms with Crippen molar-refractivity contribution in [2.75, 3.05) is 44.7 Å². The molecule has 7 nitrogen and oxygen atoms in total. The molecule has 1 fully saturated rings. The Labute approximate surface area is 105 Å². The third kappa shape index (κ3) is 4.34. The van der Waals surface area contributed by atoms with Crippen molar-refractivity contribution in [2.45, 2.75) is 6.42 Å². The highest BCUT2D eigenvalue weighted by atomic mass is 16.5. The average Bonchev–Trinajstić information content (AvgIpc) is 2.89. The van der Waals surface area contributed by atoms with Crippen molar-refractivity contribution < 1.29 is 14.1 Å². The summed E-state index contributed by atoms with van der Waals surface area (Å²) >= 11 is 0. The van der Waals surface area contributed by atoms with Crippen LogP contribution in [0.25, 0.3) is 0 Å². The summed E-state index contributed by atoms with van der Waals surface area (Å²) in [6.45, 7) is 5.18. The fraction of sp³-hybridized carbons (Fsp3) is 0.636. The van der Waals surface area contributed by atoms with E-state index in [1.54, 1.807) is 6.07 Å². The SMILES string of the molecule is O=C(NCCCN1CCOCC1)Nc1ccno1. The Hall–Kier alpha value is -1.60. The maximum absolute atomic E-state index is 11.4. The van der Waals surface area contributed by atoms with Crippen LogP contribution in [0.3, 0.4) is 0 Å². The first-order valence-electron chi connectivity index (χ1n) is 6.10. The number of ether oxygens (including phenoxy) is 1. The van der Waals surface area contributed by atoms with E-state index in [4.69, 9.17) is 9.26 Å². The molecule has 0 aliphatic carbocycles. The molecule has 1 aliphatic rings. The van der Waals surface area contributed by atoms with Gasteiger partial charge in [-0.05, 0) is 13.0 Å². The Bertz CT molecular complexity index is 349. The van der Waals surface area contributed by atoms with Crippen molar-refractivity contribution in [3.63, 3.8) is 0 Å². The highest BCUT2D eigenvalue weighted by Crippen LogP contribution is 2.02. The topological polar surface area (TPSA) is 79.6 Å². The molecule has 0 spiro atoms. The van der Waals surface area contributed by atoms with Crippen LogP contribution in [0.2, 0.25) is 0 Å². The van der Waals surface area contributed by atoms with Crippen LogP contribution in [0, 0.1) is 0 Å². The summed E-state index contributed by atoms with van der Waals surface area (Å²) in [7, 11) is 0. The van der Waals surface area contributed by atoms with E-state index in [0.717, 1.165) is 39.3 Å². The van der Waals surface area contributed by atoms with Gasteiger partial charge < -0.3 is 14.6 Å². The highest BCUT2D eigenvalue weighted by Gasteiger charge is 2.09. The lowest BCUT2D eigenvalue weighted by molar-refractivity contribution is 0.0375. The zero-order chi connectivity index (χ0) is 12.6. The van der Waals surface area contributed by atoms with Gasteiger partial charge in [0.05, 0.1) is 19.4 Å². The van der Waals surface area contributed by atoms with Crippen LogP contribution >= 0.6 is 0 Å². The van der Waals surface area contributed by atoms with Gasteiger partial charge in [-0.2, -0.15) is 0 Å². The molecule has 18 heavy (non-hydrogen) atoms. The van der Waals surface area contributed by atoms with Gasteiger partial charge in [-0.1, -0.05) is 5.16 Å². The van der Waals surface area contributed by atoms with Crippen LogP contribution < -0.4 is 10.6 Å². The zero-order valence-electron chi connectivity index (χ0n) is 10.2. The summed E-state index contributed by atoms with van der Waals surface area (Å²) in [5, 5.41) is 8.81. The van der Waals surface area contributed by atoms with E-state index in [9.17, 15) is 4.79 Å². The van der Waals surface area contributed by atoms with Crippen LogP contribution in [0.4, 0.5) is 10.7 Å². The van der Waals surface area contributed by atoms with Crippen molar-refractivity contribution in [1.82, 2.24) is 15.4 Å². The Kier molecular flexibility index (Phi) is 4.98. The van der Waals surface area contributed by atoms with E-state index in [1.807, 2.05) is 0 Å². The molecular formula is C11H18N4O3. The van der Waals surface area contributed by atoms with Gasteiger partial charge in [0, 0.05) is 25.7 Å². The first-order chi connectivity index (χ1) is 8.84. The van der Waals surface area contributed by atoms with Gasteiger partial charge in [0.2, 0.25) is 5.88 Å². The van der Waals surface area contributed by atoms with Crippen LogP contribution in [0.5, 0.6) is 0 Å². The molecule has 0 atom stereocenters. The molecule has 1 aliphatic heterocycles. The molecule has 100 valence electrons. The number of rotatable bonds is 5. The van der Waals surface area contributed by atoms with Gasteiger partial charge in [-0.15, -0.1) is 0 Å². The normalized spacial score (nSPS) is 16.4. The first-order valence-corrected chi connectivity index (χ1v) is 6.10. The highest BCUT2D eigenvalue weighted by molar-refractivity contribution is 5.87. The van der Waals surface area contributed by atoms with Crippen LogP contribution in [-0.4, -0.2) is 55.5 Å². The third-order valence-electron chi connectivity index (χ3n) is 2.71. The quantitative estimate of drug-likeness (QED) is 0.749. The monoisotopic (exact) mass is 254 g/mol. The van der Waals surface area contributed by atoms with Gasteiger partial charge in [0.15, 0.2) is 0 Å². The van der Waals surface area contributed by atoms with Gasteiger partial charge in [-0.3, -0.25) is 10.2 Å². The first kappa shape index (κ1) is 12.8. The molecule has 7 heteroatoms. The van der Waals surface area contributed by atoms with Crippen LogP contribution in [-0.2, 0) is 4.74 Å². The van der Waals surface area contributed by atoms with Gasteiger partial charge in [0.25, 0.3) is 0 Å². The predicted octanol–water partition coefficient (Wildman–Crippen LogP) is 0.518. The van der Waals surface area contributed by atoms with Gasteiger partial charge in [-0.25, -0.2) is 4.79 Å². The second kappa shape index (κ2) is 6.97. The summed E-state index contributed by atoms with van der Waals surface area (Å²) in [6.07, 6.45) is 2.40. The smallest absolute Gasteiger partial charge is 0.321 e. The number of hydrogen-bond donors (Lipinski definition) is 2. The minimum absolute atomic E-state index is 0.270. The maximum atomic E-state index is 11.4. The molecular weight excluding hydrogens is 236 g/mol. The molecule has 0 radical (unpaired) electrons. The molecule has 0 unspecified atom stereocenters. The summed E-state index contributed by atoms with van der Waals surface area (Å²) < 4.78 is 10.0. The number of morpholine rings is 1. The molecule has 0 saturated carbocycles. The van der Waals surface area contributed by atoms with Gasteiger partial charge >= 0.3 is 6.03 Å². The molecule has 0 aromatic carbocycles. The number of nitrogens with one attached hydrogen (secondary N) is 2. The Morgan fingerprint density at radius 1 is 1.44 bits per heavy atom. The van der Waals surface area contributed by atoms with E-state index in [1.165, 1.54) is 6.20 Å². The fourth-order valence-electron chi connectivity index (χ4n) is 1.77. The molecule has 2 N–H and O–H groups in total. The van der Waals surface area contributed by atoms with E-state index in [0.29, 0.717) is 12.4 Å². The number of carbonyl (C=O) groups excluding carboxylic acids is 1. The summed E-state index contributed by atoms with van der Waals surface area (Å²) in [4.78, 5) is 13.8. The lowest BCUT2D eigenvalue weighted by Crippen LogP contribution is -2.38. The molecule has 0 bridgehead atoms. The second-order valence-corrected chi connectivity index (χ2v) is 4.07. The van der Waals surface area contributed by atoms with Crippen molar-refractivity contribution in [1.29, 1.82) is 0 Å². The van der Waals surface area contributed by atoms with Crippen molar-refractivity contribution in [2.24, 2.45) is 0 Å². The van der Waals surface area contributed by atoms with E-state index >= 15 is 0 Å². The van der Waals surface area contributed by atoms with E-state index < -0.39 is 0 Å². The number of urea groups is 1. The molecule has 1 aromatic heterocycles. The number of carbonyl (C=O) groups is 1.